The lowest BCUT2D eigenvalue weighted by Gasteiger charge is -2.11. The summed E-state index contributed by atoms with van der Waals surface area (Å²) in [5.74, 6) is 0. The standard InChI is InChI=1S/C27H21N9S3/c1-13-7-16(4)31-22(19(13)10-28)37-25-34-26(38-23-20(11-29)14(2)8-17(5)32-23)36-27(35-25)39-24-21(12-30)15(3)9-18(6)33-24/h7-9H,1-6H3. The van der Waals surface area contributed by atoms with Crippen molar-refractivity contribution in [2.24, 2.45) is 0 Å². The van der Waals surface area contributed by atoms with Crippen LogP contribution in [0, 0.1) is 75.5 Å². The van der Waals surface area contributed by atoms with E-state index in [0.29, 0.717) is 47.2 Å². The van der Waals surface area contributed by atoms with Crippen molar-refractivity contribution in [1.82, 2.24) is 29.9 Å². The van der Waals surface area contributed by atoms with Crippen molar-refractivity contribution in [1.29, 1.82) is 15.8 Å². The van der Waals surface area contributed by atoms with Crippen LogP contribution < -0.4 is 0 Å². The lowest BCUT2D eigenvalue weighted by molar-refractivity contribution is 0.714. The predicted octanol–water partition coefficient (Wildman–Crippen LogP) is 5.98. The largest absolute Gasteiger partial charge is 0.245 e. The van der Waals surface area contributed by atoms with Crippen LogP contribution in [0.25, 0.3) is 0 Å². The Bertz CT molecular complexity index is 1530. The topological polar surface area (TPSA) is 149 Å². The minimum absolute atomic E-state index is 0.315. The van der Waals surface area contributed by atoms with Crippen LogP contribution in [0.4, 0.5) is 0 Å². The molecule has 192 valence electrons. The summed E-state index contributed by atoms with van der Waals surface area (Å²) in [5, 5.41) is 31.6. The van der Waals surface area contributed by atoms with Gasteiger partial charge in [0.1, 0.15) is 33.3 Å². The molecule has 0 atom stereocenters. The smallest absolute Gasteiger partial charge is 0.198 e. The molecule has 0 aromatic carbocycles. The number of pyridine rings is 3. The van der Waals surface area contributed by atoms with Crippen LogP contribution in [0.1, 0.15) is 50.5 Å². The van der Waals surface area contributed by atoms with Crippen molar-refractivity contribution in [3.05, 3.63) is 68.7 Å². The quantitative estimate of drug-likeness (QED) is 0.270. The summed E-state index contributed by atoms with van der Waals surface area (Å²) in [6.45, 7) is 11.2. The van der Waals surface area contributed by atoms with Crippen LogP contribution >= 0.6 is 35.3 Å². The summed E-state index contributed by atoms with van der Waals surface area (Å²) in [4.78, 5) is 27.5. The van der Waals surface area contributed by atoms with E-state index in [2.05, 4.69) is 48.1 Å². The average molecular weight is 568 g/mol. The number of hydrogen-bond donors (Lipinski definition) is 0. The fourth-order valence-electron chi connectivity index (χ4n) is 3.75. The molecule has 4 aromatic rings. The van der Waals surface area contributed by atoms with Crippen LogP contribution in [0.15, 0.2) is 48.7 Å². The molecule has 0 spiro atoms. The second kappa shape index (κ2) is 11.8. The van der Waals surface area contributed by atoms with E-state index in [-0.39, 0.29) is 0 Å². The zero-order valence-corrected chi connectivity index (χ0v) is 24.4. The number of aromatic nitrogens is 6. The Kier molecular flexibility index (Phi) is 8.47. The van der Waals surface area contributed by atoms with Gasteiger partial charge in [-0.05, 0) is 112 Å². The highest BCUT2D eigenvalue weighted by atomic mass is 32.2. The number of rotatable bonds is 6. The van der Waals surface area contributed by atoms with E-state index < -0.39 is 0 Å². The van der Waals surface area contributed by atoms with Crippen molar-refractivity contribution in [3.8, 4) is 18.2 Å². The zero-order chi connectivity index (χ0) is 28.3. The molecule has 0 aliphatic rings. The monoisotopic (exact) mass is 567 g/mol. The molecule has 0 fully saturated rings. The minimum atomic E-state index is 0.315. The molecule has 4 aromatic heterocycles. The molecule has 4 heterocycles. The number of aryl methyl sites for hydroxylation is 6. The van der Waals surface area contributed by atoms with Gasteiger partial charge in [-0.25, -0.2) is 15.0 Å². The van der Waals surface area contributed by atoms with Crippen LogP contribution in [-0.2, 0) is 0 Å². The Hall–Kier alpha value is -4.02. The van der Waals surface area contributed by atoms with E-state index >= 15 is 0 Å². The Morgan fingerprint density at radius 3 is 0.949 bits per heavy atom. The molecule has 0 unspecified atom stereocenters. The van der Waals surface area contributed by atoms with E-state index in [9.17, 15) is 15.8 Å². The Morgan fingerprint density at radius 2 is 0.718 bits per heavy atom. The first-order chi connectivity index (χ1) is 18.6. The number of nitrogens with zero attached hydrogens (tertiary/aromatic N) is 9. The fraction of sp³-hybridized carbons (Fsp3) is 0.222. The lowest BCUT2D eigenvalue weighted by atomic mass is 10.1. The van der Waals surface area contributed by atoms with Gasteiger partial charge in [-0.3, -0.25) is 0 Å². The highest BCUT2D eigenvalue weighted by molar-refractivity contribution is 8.00. The molecule has 0 aliphatic carbocycles. The van der Waals surface area contributed by atoms with Gasteiger partial charge >= 0.3 is 0 Å². The van der Waals surface area contributed by atoms with Gasteiger partial charge in [0.15, 0.2) is 15.5 Å². The molecule has 0 radical (unpaired) electrons. The van der Waals surface area contributed by atoms with Crippen LogP contribution in [0.2, 0.25) is 0 Å². The summed E-state index contributed by atoms with van der Waals surface area (Å²) < 4.78 is 0. The van der Waals surface area contributed by atoms with Crippen molar-refractivity contribution < 1.29 is 0 Å². The minimum Gasteiger partial charge on any atom is -0.245 e. The fourth-order valence-corrected chi connectivity index (χ4v) is 6.73. The maximum atomic E-state index is 9.74. The van der Waals surface area contributed by atoms with Crippen molar-refractivity contribution in [3.63, 3.8) is 0 Å². The molecule has 39 heavy (non-hydrogen) atoms. The molecule has 0 N–H and O–H groups in total. The third-order valence-corrected chi connectivity index (χ3v) is 7.97. The Balaban J connectivity index is 1.85. The molecule has 12 heteroatoms. The molecule has 0 saturated heterocycles. The van der Waals surface area contributed by atoms with Crippen molar-refractivity contribution >= 4 is 35.3 Å². The SMILES string of the molecule is Cc1cc(C)c(C#N)c(Sc2nc(Sc3nc(C)cc(C)c3C#N)nc(Sc3nc(C)cc(C)c3C#N)n2)n1. The van der Waals surface area contributed by atoms with Gasteiger partial charge in [0.25, 0.3) is 0 Å². The van der Waals surface area contributed by atoms with Gasteiger partial charge in [0.05, 0.1) is 16.7 Å². The average Bonchev–Trinajstić information content (AvgIpc) is 2.83. The summed E-state index contributed by atoms with van der Waals surface area (Å²) in [6.07, 6.45) is 0. The summed E-state index contributed by atoms with van der Waals surface area (Å²) in [6, 6.07) is 12.2. The highest BCUT2D eigenvalue weighted by Crippen LogP contribution is 2.35. The normalized spacial score (nSPS) is 10.5. The molecule has 9 nitrogen and oxygen atoms in total. The van der Waals surface area contributed by atoms with Crippen molar-refractivity contribution in [2.75, 3.05) is 0 Å². The number of nitriles is 3. The second-order valence-corrected chi connectivity index (χ2v) is 11.5. The van der Waals surface area contributed by atoms with Crippen LogP contribution in [0.3, 0.4) is 0 Å². The van der Waals surface area contributed by atoms with Crippen molar-refractivity contribution in [2.45, 2.75) is 72.1 Å². The van der Waals surface area contributed by atoms with Gasteiger partial charge in [0.2, 0.25) is 0 Å². The molecule has 0 bridgehead atoms. The van der Waals surface area contributed by atoms with Crippen LogP contribution in [0.5, 0.6) is 0 Å². The first kappa shape index (κ1) is 28.0. The maximum absolute atomic E-state index is 9.74. The molecule has 0 saturated carbocycles. The summed E-state index contributed by atoms with van der Waals surface area (Å²) in [5.41, 5.74) is 6.06. The number of hydrogen-bond acceptors (Lipinski definition) is 12. The third kappa shape index (κ3) is 6.35. The zero-order valence-electron chi connectivity index (χ0n) is 22.0. The highest BCUT2D eigenvalue weighted by Gasteiger charge is 2.19. The van der Waals surface area contributed by atoms with Crippen LogP contribution in [-0.4, -0.2) is 29.9 Å². The van der Waals surface area contributed by atoms with Gasteiger partial charge < -0.3 is 0 Å². The van der Waals surface area contributed by atoms with E-state index in [1.807, 2.05) is 59.7 Å². The predicted molar refractivity (Wildman–Crippen MR) is 147 cm³/mol. The Morgan fingerprint density at radius 1 is 0.462 bits per heavy atom. The lowest BCUT2D eigenvalue weighted by Crippen LogP contribution is -2.02. The second-order valence-electron chi connectivity index (χ2n) is 8.61. The van der Waals surface area contributed by atoms with E-state index in [1.54, 1.807) is 0 Å². The van der Waals surface area contributed by atoms with Gasteiger partial charge in [0, 0.05) is 17.1 Å². The first-order valence-corrected chi connectivity index (χ1v) is 14.0. The van der Waals surface area contributed by atoms with Gasteiger partial charge in [-0.15, -0.1) is 0 Å². The molecular weight excluding hydrogens is 547 g/mol. The van der Waals surface area contributed by atoms with Gasteiger partial charge in [-0.1, -0.05) is 0 Å². The molecule has 0 amide bonds. The summed E-state index contributed by atoms with van der Waals surface area (Å²) >= 11 is 3.47. The third-order valence-electron chi connectivity index (χ3n) is 5.41. The molecular formula is C27H21N9S3. The van der Waals surface area contributed by atoms with E-state index in [1.165, 1.54) is 0 Å². The maximum Gasteiger partial charge on any atom is 0.198 e. The Labute approximate surface area is 239 Å². The van der Waals surface area contributed by atoms with E-state index in [0.717, 1.165) is 69.1 Å². The molecule has 4 rings (SSSR count). The summed E-state index contributed by atoms with van der Waals surface area (Å²) in [7, 11) is 0. The molecule has 0 aliphatic heterocycles. The van der Waals surface area contributed by atoms with Gasteiger partial charge in [-0.2, -0.15) is 30.7 Å². The first-order valence-electron chi connectivity index (χ1n) is 11.6. The van der Waals surface area contributed by atoms with E-state index in [4.69, 9.17) is 0 Å².